The van der Waals surface area contributed by atoms with Crippen molar-refractivity contribution in [2.45, 2.75) is 18.4 Å². The van der Waals surface area contributed by atoms with Crippen molar-refractivity contribution in [3.63, 3.8) is 0 Å². The van der Waals surface area contributed by atoms with Crippen molar-refractivity contribution in [2.75, 3.05) is 7.11 Å². The first-order valence-corrected chi connectivity index (χ1v) is 5.15. The highest BCUT2D eigenvalue weighted by Gasteiger charge is 2.45. The second-order valence-electron chi connectivity index (χ2n) is 3.86. The Balaban J connectivity index is 2.22. The van der Waals surface area contributed by atoms with Crippen LogP contribution in [0, 0.1) is 0 Å². The van der Waals surface area contributed by atoms with Gasteiger partial charge in [-0.25, -0.2) is 4.98 Å². The average Bonchev–Trinajstić information content (AvgIpc) is 3.10. The zero-order chi connectivity index (χ0) is 11.6. The molecule has 1 saturated carbocycles. The number of amides is 1. The lowest BCUT2D eigenvalue weighted by atomic mass is 10.1. The highest BCUT2D eigenvalue weighted by atomic mass is 16.5. The molecule has 1 heterocycles. The van der Waals surface area contributed by atoms with Crippen molar-refractivity contribution in [1.29, 1.82) is 0 Å². The molecule has 1 aromatic rings. The Morgan fingerprint density at radius 1 is 1.69 bits per heavy atom. The van der Waals surface area contributed by atoms with Crippen LogP contribution in [0.5, 0.6) is 5.88 Å². The van der Waals surface area contributed by atoms with E-state index < -0.39 is 0 Å². The van der Waals surface area contributed by atoms with Gasteiger partial charge in [-0.15, -0.1) is 0 Å². The predicted molar refractivity (Wildman–Crippen MR) is 60.0 cm³/mol. The number of ether oxygens (including phenoxy) is 1. The minimum atomic E-state index is -0.235. The van der Waals surface area contributed by atoms with Crippen LogP contribution in [-0.2, 0) is 10.3 Å². The van der Waals surface area contributed by atoms with E-state index >= 15 is 0 Å². The van der Waals surface area contributed by atoms with Crippen LogP contribution in [0.1, 0.15) is 18.4 Å². The molecular weight excluding hydrogens is 204 g/mol. The minimum absolute atomic E-state index is 0.145. The number of rotatable bonds is 4. The second kappa shape index (κ2) is 3.96. The van der Waals surface area contributed by atoms with E-state index in [4.69, 9.17) is 4.74 Å². The summed E-state index contributed by atoms with van der Waals surface area (Å²) < 4.78 is 5.07. The first kappa shape index (κ1) is 10.7. The summed E-state index contributed by atoms with van der Waals surface area (Å²) in [7, 11) is 1.58. The zero-order valence-corrected chi connectivity index (χ0v) is 9.19. The molecule has 0 unspecified atom stereocenters. The Bertz CT molecular complexity index is 425. The third-order valence-electron chi connectivity index (χ3n) is 2.79. The van der Waals surface area contributed by atoms with Gasteiger partial charge in [0, 0.05) is 12.3 Å². The molecule has 1 aliphatic rings. The van der Waals surface area contributed by atoms with Gasteiger partial charge in [0.2, 0.25) is 11.8 Å². The maximum absolute atomic E-state index is 11.3. The summed E-state index contributed by atoms with van der Waals surface area (Å²) in [6.45, 7) is 3.45. The molecule has 1 aliphatic carbocycles. The van der Waals surface area contributed by atoms with Crippen LogP contribution < -0.4 is 10.1 Å². The molecule has 1 aromatic heterocycles. The summed E-state index contributed by atoms with van der Waals surface area (Å²) in [5.41, 5.74) is 0.802. The molecule has 1 amide bonds. The van der Waals surface area contributed by atoms with Gasteiger partial charge in [-0.1, -0.05) is 6.58 Å². The quantitative estimate of drug-likeness (QED) is 0.777. The van der Waals surface area contributed by atoms with Gasteiger partial charge in [-0.3, -0.25) is 4.79 Å². The topological polar surface area (TPSA) is 51.2 Å². The number of pyridine rings is 1. The number of carbonyl (C=O) groups excluding carboxylic acids is 1. The lowest BCUT2D eigenvalue weighted by Crippen LogP contribution is -2.33. The number of hydrogen-bond acceptors (Lipinski definition) is 3. The Morgan fingerprint density at radius 2 is 2.44 bits per heavy atom. The monoisotopic (exact) mass is 218 g/mol. The molecule has 0 spiro atoms. The highest BCUT2D eigenvalue weighted by Crippen LogP contribution is 2.45. The molecule has 84 valence electrons. The van der Waals surface area contributed by atoms with Crippen molar-refractivity contribution in [2.24, 2.45) is 0 Å². The predicted octanol–water partition coefficient (Wildman–Crippen LogP) is 1.38. The van der Waals surface area contributed by atoms with Crippen LogP contribution in [0.25, 0.3) is 0 Å². The largest absolute Gasteiger partial charge is 0.481 e. The van der Waals surface area contributed by atoms with Crippen LogP contribution in [0.3, 0.4) is 0 Å². The molecule has 16 heavy (non-hydrogen) atoms. The maximum atomic E-state index is 11.3. The van der Waals surface area contributed by atoms with Crippen LogP contribution in [-0.4, -0.2) is 18.0 Å². The van der Waals surface area contributed by atoms with Crippen LogP contribution in [0.15, 0.2) is 31.0 Å². The third-order valence-corrected chi connectivity index (χ3v) is 2.79. The fraction of sp³-hybridized carbons (Fsp3) is 0.333. The van der Waals surface area contributed by atoms with E-state index in [1.54, 1.807) is 13.3 Å². The Hall–Kier alpha value is -1.84. The van der Waals surface area contributed by atoms with E-state index in [0.717, 1.165) is 18.4 Å². The van der Waals surface area contributed by atoms with Gasteiger partial charge in [0.15, 0.2) is 0 Å². The smallest absolute Gasteiger partial charge is 0.244 e. The van der Waals surface area contributed by atoms with E-state index in [1.165, 1.54) is 6.08 Å². The summed E-state index contributed by atoms with van der Waals surface area (Å²) in [6.07, 6.45) is 4.87. The molecule has 0 radical (unpaired) electrons. The van der Waals surface area contributed by atoms with Crippen molar-refractivity contribution in [3.05, 3.63) is 36.5 Å². The Labute approximate surface area is 94.3 Å². The van der Waals surface area contributed by atoms with Gasteiger partial charge in [0.1, 0.15) is 0 Å². The summed E-state index contributed by atoms with van der Waals surface area (Å²) >= 11 is 0. The normalized spacial score (nSPS) is 16.3. The van der Waals surface area contributed by atoms with Gasteiger partial charge in [-0.2, -0.15) is 0 Å². The fourth-order valence-electron chi connectivity index (χ4n) is 1.72. The zero-order valence-electron chi connectivity index (χ0n) is 9.19. The Morgan fingerprint density at radius 3 is 3.00 bits per heavy atom. The van der Waals surface area contributed by atoms with Crippen LogP contribution >= 0.6 is 0 Å². The van der Waals surface area contributed by atoms with Gasteiger partial charge < -0.3 is 10.1 Å². The number of nitrogens with one attached hydrogen (secondary N) is 1. The van der Waals surface area contributed by atoms with Crippen molar-refractivity contribution >= 4 is 5.91 Å². The maximum Gasteiger partial charge on any atom is 0.244 e. The average molecular weight is 218 g/mol. The third kappa shape index (κ3) is 1.91. The van der Waals surface area contributed by atoms with E-state index in [2.05, 4.69) is 16.9 Å². The molecule has 1 N–H and O–H groups in total. The minimum Gasteiger partial charge on any atom is -0.481 e. The number of aromatic nitrogens is 1. The molecule has 0 saturated heterocycles. The van der Waals surface area contributed by atoms with Crippen molar-refractivity contribution in [1.82, 2.24) is 10.3 Å². The molecule has 0 aromatic carbocycles. The van der Waals surface area contributed by atoms with Crippen molar-refractivity contribution in [3.8, 4) is 5.88 Å². The molecule has 4 heteroatoms. The standard InChI is InChI=1S/C12H14N2O2/c1-3-10(15)14-12(5-6-12)9-4-7-13-11(8-9)16-2/h3-4,7-8H,1,5-6H2,2H3,(H,14,15). The van der Waals surface area contributed by atoms with Crippen LogP contribution in [0.4, 0.5) is 0 Å². The first-order chi connectivity index (χ1) is 7.70. The van der Waals surface area contributed by atoms with E-state index in [0.29, 0.717) is 5.88 Å². The van der Waals surface area contributed by atoms with Gasteiger partial charge in [0.25, 0.3) is 0 Å². The van der Waals surface area contributed by atoms with Crippen molar-refractivity contribution < 1.29 is 9.53 Å². The van der Waals surface area contributed by atoms with E-state index in [-0.39, 0.29) is 11.4 Å². The Kier molecular flexibility index (Phi) is 2.64. The van der Waals surface area contributed by atoms with E-state index in [9.17, 15) is 4.79 Å². The molecule has 2 rings (SSSR count). The summed E-state index contributed by atoms with van der Waals surface area (Å²) in [5, 5.41) is 2.94. The molecule has 4 nitrogen and oxygen atoms in total. The van der Waals surface area contributed by atoms with Crippen LogP contribution in [0.2, 0.25) is 0 Å². The number of nitrogens with zero attached hydrogens (tertiary/aromatic N) is 1. The SMILES string of the molecule is C=CC(=O)NC1(c2ccnc(OC)c2)CC1. The summed E-state index contributed by atoms with van der Waals surface area (Å²) in [6, 6.07) is 3.76. The van der Waals surface area contributed by atoms with Gasteiger partial charge >= 0.3 is 0 Å². The highest BCUT2D eigenvalue weighted by molar-refractivity contribution is 5.88. The molecule has 0 bridgehead atoms. The molecule has 0 atom stereocenters. The number of methoxy groups -OCH3 is 1. The molecular formula is C12H14N2O2. The van der Waals surface area contributed by atoms with E-state index in [1.807, 2.05) is 12.1 Å². The molecule has 0 aliphatic heterocycles. The summed E-state index contributed by atoms with van der Waals surface area (Å²) in [5.74, 6) is 0.421. The lowest BCUT2D eigenvalue weighted by molar-refractivity contribution is -0.117. The lowest BCUT2D eigenvalue weighted by Gasteiger charge is -2.17. The first-order valence-electron chi connectivity index (χ1n) is 5.15. The molecule has 1 fully saturated rings. The second-order valence-corrected chi connectivity index (χ2v) is 3.86. The summed E-state index contributed by atoms with van der Waals surface area (Å²) in [4.78, 5) is 15.4. The fourth-order valence-corrected chi connectivity index (χ4v) is 1.72. The van der Waals surface area contributed by atoms with Gasteiger partial charge in [-0.05, 0) is 30.5 Å². The number of carbonyl (C=O) groups is 1. The van der Waals surface area contributed by atoms with Gasteiger partial charge in [0.05, 0.1) is 12.6 Å². The number of hydrogen-bond donors (Lipinski definition) is 1.